The summed E-state index contributed by atoms with van der Waals surface area (Å²) in [6, 6.07) is 5.91. The maximum Gasteiger partial charge on any atom is 0.127 e. The van der Waals surface area contributed by atoms with E-state index >= 15 is 0 Å². The minimum Gasteiger partial charge on any atom is -0.308 e. The SMILES string of the molecule is Fc1ccc(Cl)cc1CNC1CCN2CCCCC12. The van der Waals surface area contributed by atoms with Crippen LogP contribution in [0.2, 0.25) is 5.02 Å². The quantitative estimate of drug-likeness (QED) is 0.916. The molecule has 0 saturated carbocycles. The fourth-order valence-electron chi connectivity index (χ4n) is 3.41. The monoisotopic (exact) mass is 282 g/mol. The first-order valence-corrected chi connectivity index (χ1v) is 7.53. The summed E-state index contributed by atoms with van der Waals surface area (Å²) in [6.45, 7) is 2.98. The van der Waals surface area contributed by atoms with Crippen molar-refractivity contribution in [2.75, 3.05) is 13.1 Å². The minimum absolute atomic E-state index is 0.171. The zero-order valence-electron chi connectivity index (χ0n) is 11.0. The van der Waals surface area contributed by atoms with Gasteiger partial charge in [-0.15, -0.1) is 0 Å². The van der Waals surface area contributed by atoms with E-state index in [4.69, 9.17) is 11.6 Å². The van der Waals surface area contributed by atoms with E-state index in [9.17, 15) is 4.39 Å². The predicted octanol–water partition coefficient (Wildman–Crippen LogP) is 3.20. The molecule has 4 heteroatoms. The van der Waals surface area contributed by atoms with E-state index in [0.29, 0.717) is 29.2 Å². The summed E-state index contributed by atoms with van der Waals surface area (Å²) in [5, 5.41) is 4.13. The van der Waals surface area contributed by atoms with E-state index in [0.717, 1.165) is 0 Å². The van der Waals surface area contributed by atoms with Crippen molar-refractivity contribution in [1.29, 1.82) is 0 Å². The molecule has 1 aromatic carbocycles. The number of fused-ring (bicyclic) bond motifs is 1. The summed E-state index contributed by atoms with van der Waals surface area (Å²) >= 11 is 5.92. The van der Waals surface area contributed by atoms with Gasteiger partial charge in [-0.1, -0.05) is 18.0 Å². The van der Waals surface area contributed by atoms with E-state index in [1.165, 1.54) is 44.8 Å². The Morgan fingerprint density at radius 3 is 3.05 bits per heavy atom. The van der Waals surface area contributed by atoms with Crippen molar-refractivity contribution < 1.29 is 4.39 Å². The van der Waals surface area contributed by atoms with Crippen molar-refractivity contribution in [1.82, 2.24) is 10.2 Å². The number of hydrogen-bond acceptors (Lipinski definition) is 2. The molecule has 2 fully saturated rings. The highest BCUT2D eigenvalue weighted by molar-refractivity contribution is 6.30. The molecule has 0 aromatic heterocycles. The Balaban J connectivity index is 1.61. The number of nitrogens with zero attached hydrogens (tertiary/aromatic N) is 1. The van der Waals surface area contributed by atoms with Gasteiger partial charge in [0.25, 0.3) is 0 Å². The molecule has 0 bridgehead atoms. The number of hydrogen-bond donors (Lipinski definition) is 1. The van der Waals surface area contributed by atoms with Gasteiger partial charge >= 0.3 is 0 Å². The topological polar surface area (TPSA) is 15.3 Å². The lowest BCUT2D eigenvalue weighted by molar-refractivity contribution is 0.180. The molecule has 0 aliphatic carbocycles. The number of nitrogens with one attached hydrogen (secondary N) is 1. The average molecular weight is 283 g/mol. The standard InChI is InChI=1S/C15H20ClFN2/c16-12-4-5-13(17)11(9-12)10-18-14-6-8-19-7-2-1-3-15(14)19/h4-5,9,14-15,18H,1-3,6-8,10H2. The van der Waals surface area contributed by atoms with E-state index in [2.05, 4.69) is 10.2 Å². The van der Waals surface area contributed by atoms with Gasteiger partial charge in [0.15, 0.2) is 0 Å². The van der Waals surface area contributed by atoms with Gasteiger partial charge in [-0.25, -0.2) is 4.39 Å². The number of piperidine rings is 1. The molecule has 104 valence electrons. The van der Waals surface area contributed by atoms with Gasteiger partial charge in [0.1, 0.15) is 5.82 Å². The summed E-state index contributed by atoms with van der Waals surface area (Å²) in [7, 11) is 0. The van der Waals surface area contributed by atoms with Crippen LogP contribution in [0.1, 0.15) is 31.2 Å². The molecule has 19 heavy (non-hydrogen) atoms. The molecular formula is C15H20ClFN2. The molecule has 0 radical (unpaired) electrons. The van der Waals surface area contributed by atoms with E-state index in [1.807, 2.05) is 0 Å². The van der Waals surface area contributed by atoms with Crippen LogP contribution in [0.5, 0.6) is 0 Å². The molecule has 2 nitrogen and oxygen atoms in total. The van der Waals surface area contributed by atoms with Gasteiger partial charge < -0.3 is 5.32 Å². The lowest BCUT2D eigenvalue weighted by Gasteiger charge is -2.32. The number of benzene rings is 1. The van der Waals surface area contributed by atoms with Gasteiger partial charge in [0.05, 0.1) is 0 Å². The largest absolute Gasteiger partial charge is 0.308 e. The van der Waals surface area contributed by atoms with E-state index < -0.39 is 0 Å². The summed E-state index contributed by atoms with van der Waals surface area (Å²) in [5.74, 6) is -0.171. The highest BCUT2D eigenvalue weighted by atomic mass is 35.5. The Hall–Kier alpha value is -0.640. The normalized spacial score (nSPS) is 27.5. The molecule has 1 aromatic rings. The second kappa shape index (κ2) is 5.78. The third-order valence-electron chi connectivity index (χ3n) is 4.42. The molecule has 2 atom stereocenters. The Labute approximate surface area is 118 Å². The van der Waals surface area contributed by atoms with Crippen LogP contribution in [0.3, 0.4) is 0 Å². The minimum atomic E-state index is -0.171. The molecule has 0 spiro atoms. The first-order chi connectivity index (χ1) is 9.24. The number of rotatable bonds is 3. The summed E-state index contributed by atoms with van der Waals surface area (Å²) in [4.78, 5) is 2.58. The Kier molecular flexibility index (Phi) is 4.06. The predicted molar refractivity (Wildman–Crippen MR) is 75.9 cm³/mol. The van der Waals surface area contributed by atoms with Crippen molar-refractivity contribution in [3.05, 3.63) is 34.6 Å². The van der Waals surface area contributed by atoms with Gasteiger partial charge in [0.2, 0.25) is 0 Å². The lowest BCUT2D eigenvalue weighted by Crippen LogP contribution is -2.44. The molecule has 1 N–H and O–H groups in total. The Bertz CT molecular complexity index is 452. The van der Waals surface area contributed by atoms with Gasteiger partial charge in [-0.2, -0.15) is 0 Å². The molecule has 2 heterocycles. The molecule has 2 aliphatic heterocycles. The molecular weight excluding hydrogens is 263 g/mol. The van der Waals surface area contributed by atoms with Crippen LogP contribution < -0.4 is 5.32 Å². The second-order valence-corrected chi connectivity index (χ2v) is 6.05. The zero-order valence-corrected chi connectivity index (χ0v) is 11.8. The van der Waals surface area contributed by atoms with E-state index in [-0.39, 0.29) is 5.82 Å². The zero-order chi connectivity index (χ0) is 13.2. The fourth-order valence-corrected chi connectivity index (χ4v) is 3.60. The summed E-state index contributed by atoms with van der Waals surface area (Å²) in [6.07, 6.45) is 5.10. The molecule has 2 saturated heterocycles. The van der Waals surface area contributed by atoms with Crippen LogP contribution in [0.25, 0.3) is 0 Å². The van der Waals surface area contributed by atoms with Crippen molar-refractivity contribution in [3.63, 3.8) is 0 Å². The molecule has 2 unspecified atom stereocenters. The first-order valence-electron chi connectivity index (χ1n) is 7.15. The van der Waals surface area contributed by atoms with Crippen molar-refractivity contribution in [2.24, 2.45) is 0 Å². The summed E-state index contributed by atoms with van der Waals surface area (Å²) < 4.78 is 13.7. The smallest absolute Gasteiger partial charge is 0.127 e. The third-order valence-corrected chi connectivity index (χ3v) is 4.65. The molecule has 0 amide bonds. The van der Waals surface area contributed by atoms with Gasteiger partial charge in [0, 0.05) is 35.8 Å². The summed E-state index contributed by atoms with van der Waals surface area (Å²) in [5.41, 5.74) is 0.668. The van der Waals surface area contributed by atoms with Crippen molar-refractivity contribution >= 4 is 11.6 Å². The lowest BCUT2D eigenvalue weighted by atomic mass is 9.99. The van der Waals surface area contributed by atoms with Crippen LogP contribution in [0, 0.1) is 5.82 Å². The van der Waals surface area contributed by atoms with E-state index in [1.54, 1.807) is 12.1 Å². The van der Waals surface area contributed by atoms with Gasteiger partial charge in [-0.05, 0) is 44.0 Å². The van der Waals surface area contributed by atoms with Crippen LogP contribution in [0.4, 0.5) is 4.39 Å². The fraction of sp³-hybridized carbons (Fsp3) is 0.600. The van der Waals surface area contributed by atoms with Crippen molar-refractivity contribution in [2.45, 2.75) is 44.3 Å². The third kappa shape index (κ3) is 2.93. The second-order valence-electron chi connectivity index (χ2n) is 5.61. The van der Waals surface area contributed by atoms with Crippen LogP contribution in [-0.2, 0) is 6.54 Å². The Morgan fingerprint density at radius 1 is 1.26 bits per heavy atom. The first kappa shape index (κ1) is 13.3. The number of halogens is 2. The van der Waals surface area contributed by atoms with Gasteiger partial charge in [-0.3, -0.25) is 4.90 Å². The van der Waals surface area contributed by atoms with Crippen molar-refractivity contribution in [3.8, 4) is 0 Å². The van der Waals surface area contributed by atoms with Crippen LogP contribution in [-0.4, -0.2) is 30.1 Å². The molecule has 3 rings (SSSR count). The highest BCUT2D eigenvalue weighted by Gasteiger charge is 2.34. The average Bonchev–Trinajstić information content (AvgIpc) is 2.83. The highest BCUT2D eigenvalue weighted by Crippen LogP contribution is 2.27. The maximum atomic E-state index is 13.7. The molecule has 2 aliphatic rings. The Morgan fingerprint density at radius 2 is 2.16 bits per heavy atom. The van der Waals surface area contributed by atoms with Crippen LogP contribution >= 0.6 is 11.6 Å². The maximum absolute atomic E-state index is 13.7. The van der Waals surface area contributed by atoms with Crippen LogP contribution in [0.15, 0.2) is 18.2 Å².